The van der Waals surface area contributed by atoms with Crippen molar-refractivity contribution in [2.75, 3.05) is 11.6 Å². The number of anilines is 1. The van der Waals surface area contributed by atoms with Crippen LogP contribution in [0.15, 0.2) is 162 Å². The highest BCUT2D eigenvalue weighted by Crippen LogP contribution is 2.45. The Balaban J connectivity index is 1.10. The zero-order valence-corrected chi connectivity index (χ0v) is 33.8. The molecule has 286 valence electrons. The lowest BCUT2D eigenvalue weighted by atomic mass is 9.88. The lowest BCUT2D eigenvalue weighted by molar-refractivity contribution is 0.237. The molecule has 0 N–H and O–H groups in total. The maximum Gasteiger partial charge on any atom is 0.137 e. The van der Waals surface area contributed by atoms with Crippen LogP contribution in [0.3, 0.4) is 0 Å². The molecule has 6 nitrogen and oxygen atoms in total. The molecule has 0 fully saturated rings. The van der Waals surface area contributed by atoms with Gasteiger partial charge in [-0.25, -0.2) is 4.98 Å². The van der Waals surface area contributed by atoms with E-state index in [-0.39, 0.29) is 11.0 Å². The maximum absolute atomic E-state index is 6.81. The summed E-state index contributed by atoms with van der Waals surface area (Å²) in [5, 5.41) is 4.39. The van der Waals surface area contributed by atoms with Crippen LogP contribution in [0.1, 0.15) is 58.2 Å². The van der Waals surface area contributed by atoms with E-state index in [4.69, 9.17) is 14.1 Å². The number of aromatic nitrogens is 2. The Kier molecular flexibility index (Phi) is 8.24. The number of hydrogen-bond donors (Lipinski definition) is 0. The molecule has 0 aliphatic carbocycles. The van der Waals surface area contributed by atoms with Crippen molar-refractivity contribution in [2.45, 2.75) is 52.5 Å². The molecule has 0 spiro atoms. The monoisotopic (exact) mass is 758 g/mol. The van der Waals surface area contributed by atoms with Crippen LogP contribution in [0.2, 0.25) is 0 Å². The van der Waals surface area contributed by atoms with Gasteiger partial charge in [-0.2, -0.15) is 0 Å². The summed E-state index contributed by atoms with van der Waals surface area (Å²) in [6, 6.07) is 53.3. The standard InChI is InChI=1S/C52H46N4O2/c1-51(2,3)36-26-27-53-48(28-36)56-44-30-39(24-25-40(44)42-32-47-43(31-45(42)56)41-22-13-14-23-46(41)58-47)57-38-21-15-20-37(29-38)54-33-55(52(4,5)6)50(35-18-11-8-12-19-35)49(54)34-16-9-7-10-17-34/h7-32H,33H2,1-6H3. The number of hydrogen-bond acceptors (Lipinski definition) is 5. The van der Waals surface area contributed by atoms with Crippen molar-refractivity contribution in [1.82, 2.24) is 14.5 Å². The fraction of sp³-hybridized carbons (Fsp3) is 0.173. The Labute approximate surface area is 339 Å². The van der Waals surface area contributed by atoms with Crippen LogP contribution in [-0.2, 0) is 5.41 Å². The average molecular weight is 759 g/mol. The van der Waals surface area contributed by atoms with Gasteiger partial charge in [-0.15, -0.1) is 0 Å². The van der Waals surface area contributed by atoms with Crippen LogP contribution >= 0.6 is 0 Å². The zero-order valence-electron chi connectivity index (χ0n) is 33.8. The molecule has 1 aliphatic heterocycles. The summed E-state index contributed by atoms with van der Waals surface area (Å²) in [4.78, 5) is 9.89. The summed E-state index contributed by atoms with van der Waals surface area (Å²) in [5.41, 5.74) is 10.7. The summed E-state index contributed by atoms with van der Waals surface area (Å²) in [6.07, 6.45) is 1.92. The molecule has 1 aliphatic rings. The van der Waals surface area contributed by atoms with Crippen molar-refractivity contribution in [3.63, 3.8) is 0 Å². The first-order chi connectivity index (χ1) is 28.0. The number of para-hydroxylation sites is 1. The summed E-state index contributed by atoms with van der Waals surface area (Å²) in [7, 11) is 0. The second kappa shape index (κ2) is 13.4. The molecule has 0 amide bonds. The van der Waals surface area contributed by atoms with Crippen molar-refractivity contribution in [3.8, 4) is 17.3 Å². The summed E-state index contributed by atoms with van der Waals surface area (Å²) < 4.78 is 15.5. The fourth-order valence-corrected chi connectivity index (χ4v) is 8.46. The van der Waals surface area contributed by atoms with Crippen LogP contribution in [0.4, 0.5) is 5.69 Å². The second-order valence-corrected chi connectivity index (χ2v) is 17.3. The van der Waals surface area contributed by atoms with E-state index in [2.05, 4.69) is 189 Å². The zero-order chi connectivity index (χ0) is 39.8. The van der Waals surface area contributed by atoms with E-state index in [0.29, 0.717) is 6.67 Å². The van der Waals surface area contributed by atoms with E-state index in [1.54, 1.807) is 0 Å². The second-order valence-electron chi connectivity index (χ2n) is 17.3. The predicted molar refractivity (Wildman–Crippen MR) is 240 cm³/mol. The molecule has 3 aromatic heterocycles. The third-order valence-corrected chi connectivity index (χ3v) is 11.4. The minimum Gasteiger partial charge on any atom is -0.457 e. The molecule has 0 saturated carbocycles. The minimum absolute atomic E-state index is 0.0412. The third-order valence-electron chi connectivity index (χ3n) is 11.4. The van der Waals surface area contributed by atoms with E-state index in [9.17, 15) is 0 Å². The number of nitrogens with zero attached hydrogens (tertiary/aromatic N) is 4. The van der Waals surface area contributed by atoms with Crippen molar-refractivity contribution in [3.05, 3.63) is 175 Å². The molecule has 6 heteroatoms. The van der Waals surface area contributed by atoms with Crippen molar-refractivity contribution >= 4 is 60.8 Å². The molecule has 6 aromatic carbocycles. The number of fused-ring (bicyclic) bond motifs is 6. The lowest BCUT2D eigenvalue weighted by Gasteiger charge is -2.36. The largest absolute Gasteiger partial charge is 0.457 e. The molecule has 0 bridgehead atoms. The molecule has 10 rings (SSSR count). The van der Waals surface area contributed by atoms with E-state index in [0.717, 1.165) is 66.7 Å². The number of pyridine rings is 1. The van der Waals surface area contributed by atoms with E-state index >= 15 is 0 Å². The molecule has 0 saturated heterocycles. The number of benzene rings is 6. The summed E-state index contributed by atoms with van der Waals surface area (Å²) in [6.45, 7) is 14.3. The Bertz CT molecular complexity index is 3030. The average Bonchev–Trinajstić information content (AvgIpc) is 3.90. The Morgan fingerprint density at radius 3 is 1.98 bits per heavy atom. The number of furan rings is 1. The smallest absolute Gasteiger partial charge is 0.137 e. The highest BCUT2D eigenvalue weighted by Gasteiger charge is 2.37. The molecular weight excluding hydrogens is 713 g/mol. The highest BCUT2D eigenvalue weighted by molar-refractivity contribution is 6.17. The van der Waals surface area contributed by atoms with Crippen LogP contribution in [-0.4, -0.2) is 26.7 Å². The van der Waals surface area contributed by atoms with Gasteiger partial charge in [0.25, 0.3) is 0 Å². The van der Waals surface area contributed by atoms with Crippen LogP contribution < -0.4 is 9.64 Å². The first-order valence-electron chi connectivity index (χ1n) is 20.1. The maximum atomic E-state index is 6.81. The van der Waals surface area contributed by atoms with Gasteiger partial charge >= 0.3 is 0 Å². The van der Waals surface area contributed by atoms with Crippen molar-refractivity contribution in [1.29, 1.82) is 0 Å². The molecule has 0 atom stereocenters. The van der Waals surface area contributed by atoms with Gasteiger partial charge < -0.3 is 19.0 Å². The molecule has 4 heterocycles. The summed E-state index contributed by atoms with van der Waals surface area (Å²) >= 11 is 0. The first-order valence-corrected chi connectivity index (χ1v) is 20.1. The molecular formula is C52H46N4O2. The highest BCUT2D eigenvalue weighted by atomic mass is 16.5. The van der Waals surface area contributed by atoms with Gasteiger partial charge in [0.05, 0.1) is 29.1 Å². The van der Waals surface area contributed by atoms with E-state index in [1.165, 1.54) is 28.1 Å². The quantitative estimate of drug-likeness (QED) is 0.169. The van der Waals surface area contributed by atoms with Gasteiger partial charge in [-0.1, -0.05) is 106 Å². The van der Waals surface area contributed by atoms with Crippen LogP contribution in [0.5, 0.6) is 11.5 Å². The third kappa shape index (κ3) is 6.08. The molecule has 0 radical (unpaired) electrons. The SMILES string of the molecule is CC(C)(C)c1ccnc(-n2c3cc(Oc4cccc(N5CN(C(C)(C)C)C(c6ccccc6)=C5c5ccccc5)c4)ccc3c3cc4oc5ccccc5c4cc32)c1. The molecule has 9 aromatic rings. The Morgan fingerprint density at radius 2 is 1.24 bits per heavy atom. The van der Waals surface area contributed by atoms with Gasteiger partial charge in [0.2, 0.25) is 0 Å². The minimum atomic E-state index is -0.126. The Morgan fingerprint density at radius 1 is 0.552 bits per heavy atom. The van der Waals surface area contributed by atoms with Gasteiger partial charge in [-0.05, 0) is 86.3 Å². The van der Waals surface area contributed by atoms with Crippen LogP contribution in [0, 0.1) is 0 Å². The molecule has 0 unspecified atom stereocenters. The van der Waals surface area contributed by atoms with Gasteiger partial charge in [0.1, 0.15) is 28.5 Å². The number of rotatable bonds is 6. The topological polar surface area (TPSA) is 46.7 Å². The first kappa shape index (κ1) is 35.6. The summed E-state index contributed by atoms with van der Waals surface area (Å²) in [5.74, 6) is 2.38. The fourth-order valence-electron chi connectivity index (χ4n) is 8.46. The van der Waals surface area contributed by atoms with E-state index < -0.39 is 0 Å². The normalized spacial score (nSPS) is 13.8. The van der Waals surface area contributed by atoms with Crippen molar-refractivity contribution in [2.24, 2.45) is 0 Å². The predicted octanol–water partition coefficient (Wildman–Crippen LogP) is 13.6. The molecule has 58 heavy (non-hydrogen) atoms. The van der Waals surface area contributed by atoms with Gasteiger partial charge in [-0.3, -0.25) is 4.57 Å². The van der Waals surface area contributed by atoms with Crippen molar-refractivity contribution < 1.29 is 9.15 Å². The van der Waals surface area contributed by atoms with Gasteiger partial charge in [0.15, 0.2) is 0 Å². The Hall–Kier alpha value is -6.79. The lowest BCUT2D eigenvalue weighted by Crippen LogP contribution is -2.41. The van der Waals surface area contributed by atoms with Crippen LogP contribution in [0.25, 0.3) is 61.0 Å². The number of ether oxygens (including phenoxy) is 1. The van der Waals surface area contributed by atoms with Gasteiger partial charge in [0, 0.05) is 62.2 Å². The van der Waals surface area contributed by atoms with E-state index in [1.807, 2.05) is 24.4 Å².